The van der Waals surface area contributed by atoms with E-state index in [1.54, 1.807) is 0 Å². The minimum Gasteiger partial charge on any atom is -0.373 e. The Morgan fingerprint density at radius 2 is 1.89 bits per heavy atom. The van der Waals surface area contributed by atoms with E-state index in [9.17, 15) is 0 Å². The first kappa shape index (κ1) is 14.5. The molecule has 1 heterocycles. The van der Waals surface area contributed by atoms with E-state index < -0.39 is 0 Å². The zero-order valence-electron chi connectivity index (χ0n) is 13.0. The third-order valence-corrected chi connectivity index (χ3v) is 4.29. The summed E-state index contributed by atoms with van der Waals surface area (Å²) in [5.74, 6) is 0. The molecule has 1 aliphatic rings. The predicted octanol–water partition coefficient (Wildman–Crippen LogP) is 3.83. The molecule has 2 nitrogen and oxygen atoms in total. The Hall–Kier alpha value is -0.860. The number of ether oxygens (including phenoxy) is 1. The van der Waals surface area contributed by atoms with Crippen LogP contribution in [0, 0.1) is 20.8 Å². The summed E-state index contributed by atoms with van der Waals surface area (Å²) < 4.78 is 6.09. The summed E-state index contributed by atoms with van der Waals surface area (Å²) in [6.45, 7) is 12.9. The van der Waals surface area contributed by atoms with E-state index in [0.29, 0.717) is 6.04 Å². The maximum Gasteiger partial charge on any atom is 0.0849 e. The van der Waals surface area contributed by atoms with Crippen LogP contribution in [0.2, 0.25) is 0 Å². The van der Waals surface area contributed by atoms with Gasteiger partial charge >= 0.3 is 0 Å². The SMILES string of the molecule is CCNC(c1c(C)cc(C)cc1C)C1(C)CCCO1. The lowest BCUT2D eigenvalue weighted by molar-refractivity contribution is -0.0124. The number of aryl methyl sites for hydroxylation is 3. The topological polar surface area (TPSA) is 21.3 Å². The van der Waals surface area contributed by atoms with Crippen LogP contribution in [0.5, 0.6) is 0 Å². The Kier molecular flexibility index (Phi) is 4.32. The number of rotatable bonds is 4. The number of hydrogen-bond donors (Lipinski definition) is 1. The number of nitrogens with one attached hydrogen (secondary N) is 1. The maximum atomic E-state index is 6.09. The van der Waals surface area contributed by atoms with Crippen LogP contribution < -0.4 is 5.32 Å². The molecule has 0 amide bonds. The van der Waals surface area contributed by atoms with Crippen molar-refractivity contribution in [1.82, 2.24) is 5.32 Å². The second kappa shape index (κ2) is 5.64. The van der Waals surface area contributed by atoms with Crippen LogP contribution in [0.1, 0.15) is 55.0 Å². The summed E-state index contributed by atoms with van der Waals surface area (Å²) in [6.07, 6.45) is 2.31. The molecule has 1 aromatic rings. The van der Waals surface area contributed by atoms with Crippen molar-refractivity contribution >= 4 is 0 Å². The summed E-state index contributed by atoms with van der Waals surface area (Å²) in [5.41, 5.74) is 5.45. The Bertz CT molecular complexity index is 424. The molecular formula is C17H27NO. The second-order valence-corrected chi connectivity index (χ2v) is 6.07. The van der Waals surface area contributed by atoms with Gasteiger partial charge < -0.3 is 10.1 Å². The van der Waals surface area contributed by atoms with Gasteiger partial charge in [0.2, 0.25) is 0 Å². The Balaban J connectivity index is 2.44. The van der Waals surface area contributed by atoms with Crippen LogP contribution in [-0.2, 0) is 4.74 Å². The van der Waals surface area contributed by atoms with Crippen LogP contribution in [-0.4, -0.2) is 18.8 Å². The number of hydrogen-bond acceptors (Lipinski definition) is 2. The lowest BCUT2D eigenvalue weighted by Gasteiger charge is -2.36. The zero-order chi connectivity index (χ0) is 14.0. The van der Waals surface area contributed by atoms with Gasteiger partial charge in [0.15, 0.2) is 0 Å². The van der Waals surface area contributed by atoms with E-state index in [1.165, 1.54) is 28.7 Å². The van der Waals surface area contributed by atoms with Gasteiger partial charge in [-0.15, -0.1) is 0 Å². The summed E-state index contributed by atoms with van der Waals surface area (Å²) in [6, 6.07) is 4.86. The highest BCUT2D eigenvalue weighted by atomic mass is 16.5. The summed E-state index contributed by atoms with van der Waals surface area (Å²) in [7, 11) is 0. The van der Waals surface area contributed by atoms with E-state index in [4.69, 9.17) is 4.74 Å². The van der Waals surface area contributed by atoms with Crippen molar-refractivity contribution in [2.24, 2.45) is 0 Å². The molecule has 106 valence electrons. The quantitative estimate of drug-likeness (QED) is 0.889. The first-order valence-corrected chi connectivity index (χ1v) is 7.43. The van der Waals surface area contributed by atoms with Gasteiger partial charge in [-0.1, -0.05) is 24.6 Å². The summed E-state index contributed by atoms with van der Waals surface area (Å²) in [5, 5.41) is 3.66. The van der Waals surface area contributed by atoms with E-state index in [1.807, 2.05) is 0 Å². The van der Waals surface area contributed by atoms with Crippen LogP contribution in [0.25, 0.3) is 0 Å². The van der Waals surface area contributed by atoms with E-state index in [0.717, 1.165) is 19.6 Å². The normalized spacial score (nSPS) is 24.7. The van der Waals surface area contributed by atoms with Crippen molar-refractivity contribution in [1.29, 1.82) is 0 Å². The largest absolute Gasteiger partial charge is 0.373 e. The van der Waals surface area contributed by atoms with Gasteiger partial charge in [0, 0.05) is 6.61 Å². The second-order valence-electron chi connectivity index (χ2n) is 6.07. The molecule has 1 saturated heterocycles. The van der Waals surface area contributed by atoms with Gasteiger partial charge in [-0.2, -0.15) is 0 Å². The summed E-state index contributed by atoms with van der Waals surface area (Å²) in [4.78, 5) is 0. The van der Waals surface area contributed by atoms with E-state index >= 15 is 0 Å². The molecule has 2 heteroatoms. The fraction of sp³-hybridized carbons (Fsp3) is 0.647. The molecule has 19 heavy (non-hydrogen) atoms. The van der Waals surface area contributed by atoms with Crippen molar-refractivity contribution < 1.29 is 4.74 Å². The van der Waals surface area contributed by atoms with Gasteiger partial charge in [0.1, 0.15) is 0 Å². The van der Waals surface area contributed by atoms with Gasteiger partial charge in [0.05, 0.1) is 11.6 Å². The molecular weight excluding hydrogens is 234 g/mol. The highest BCUT2D eigenvalue weighted by Gasteiger charge is 2.40. The van der Waals surface area contributed by atoms with Crippen LogP contribution >= 0.6 is 0 Å². The molecule has 0 aliphatic carbocycles. The van der Waals surface area contributed by atoms with Gasteiger partial charge in [-0.05, 0) is 63.8 Å². The van der Waals surface area contributed by atoms with Gasteiger partial charge in [-0.3, -0.25) is 0 Å². The van der Waals surface area contributed by atoms with Crippen molar-refractivity contribution in [2.75, 3.05) is 13.2 Å². The molecule has 0 bridgehead atoms. The van der Waals surface area contributed by atoms with Crippen molar-refractivity contribution in [3.05, 3.63) is 34.4 Å². The molecule has 0 saturated carbocycles. The monoisotopic (exact) mass is 261 g/mol. The third-order valence-electron chi connectivity index (χ3n) is 4.29. The first-order valence-electron chi connectivity index (χ1n) is 7.43. The molecule has 1 N–H and O–H groups in total. The molecule has 0 aromatic heterocycles. The fourth-order valence-electron chi connectivity index (χ4n) is 3.50. The average molecular weight is 261 g/mol. The van der Waals surface area contributed by atoms with Gasteiger partial charge in [0.25, 0.3) is 0 Å². The lowest BCUT2D eigenvalue weighted by atomic mass is 9.83. The standard InChI is InChI=1S/C17H27NO/c1-6-18-16(17(5)8-7-9-19-17)15-13(3)10-12(2)11-14(15)4/h10-11,16,18H,6-9H2,1-5H3. The highest BCUT2D eigenvalue weighted by molar-refractivity contribution is 5.41. The third kappa shape index (κ3) is 2.85. The van der Waals surface area contributed by atoms with Crippen LogP contribution in [0.3, 0.4) is 0 Å². The van der Waals surface area contributed by atoms with E-state index in [2.05, 4.69) is 52.1 Å². The number of likely N-dealkylation sites (N-methyl/N-ethyl adjacent to an activating group) is 1. The molecule has 0 radical (unpaired) electrons. The molecule has 1 fully saturated rings. The minimum atomic E-state index is -0.0687. The van der Waals surface area contributed by atoms with Crippen molar-refractivity contribution in [2.45, 2.75) is 59.1 Å². The molecule has 2 rings (SSSR count). The van der Waals surface area contributed by atoms with Crippen molar-refractivity contribution in [3.63, 3.8) is 0 Å². The summed E-state index contributed by atoms with van der Waals surface area (Å²) >= 11 is 0. The predicted molar refractivity (Wildman–Crippen MR) is 80.7 cm³/mol. The Morgan fingerprint density at radius 3 is 2.37 bits per heavy atom. The molecule has 0 spiro atoms. The lowest BCUT2D eigenvalue weighted by Crippen LogP contribution is -2.42. The average Bonchev–Trinajstić information content (AvgIpc) is 2.75. The highest BCUT2D eigenvalue weighted by Crippen LogP contribution is 2.39. The van der Waals surface area contributed by atoms with E-state index in [-0.39, 0.29) is 5.60 Å². The van der Waals surface area contributed by atoms with Crippen LogP contribution in [0.15, 0.2) is 12.1 Å². The molecule has 1 aromatic carbocycles. The fourth-order valence-corrected chi connectivity index (χ4v) is 3.50. The smallest absolute Gasteiger partial charge is 0.0849 e. The maximum absolute atomic E-state index is 6.09. The van der Waals surface area contributed by atoms with Crippen LogP contribution in [0.4, 0.5) is 0 Å². The van der Waals surface area contributed by atoms with Gasteiger partial charge in [-0.25, -0.2) is 0 Å². The first-order chi connectivity index (χ1) is 8.98. The zero-order valence-corrected chi connectivity index (χ0v) is 13.0. The molecule has 2 unspecified atom stereocenters. The molecule has 2 atom stereocenters. The Morgan fingerprint density at radius 1 is 1.26 bits per heavy atom. The minimum absolute atomic E-state index is 0.0687. The molecule has 1 aliphatic heterocycles. The van der Waals surface area contributed by atoms with Crippen molar-refractivity contribution in [3.8, 4) is 0 Å². The Labute approximate surface area is 117 Å². The number of benzene rings is 1.